The van der Waals surface area contributed by atoms with Crippen molar-refractivity contribution in [3.05, 3.63) is 12.4 Å². The summed E-state index contributed by atoms with van der Waals surface area (Å²) < 4.78 is 44.6. The predicted molar refractivity (Wildman–Crippen MR) is 156 cm³/mol. The zero-order valence-corrected chi connectivity index (χ0v) is 25.2. The van der Waals surface area contributed by atoms with E-state index in [-0.39, 0.29) is 23.6 Å². The van der Waals surface area contributed by atoms with E-state index in [2.05, 4.69) is 32.9 Å². The first-order valence-electron chi connectivity index (χ1n) is 14.7. The standard InChI is InChI=1S/C28H44FN6O5P/c1-4-6-7-8-9-10-11-12-13-14-15-18-38-26(36)21(3)34-41(37)39-19-28(5-2)17-16-22(40-28)35-20-31-23-24(30)32-27(29)33-25(23)35/h2,20-22,41H,4,6-19H2,1,3H3,(H,34,37)(H2,30,32,33)/t21-,22+,28-/m0/s1. The van der Waals surface area contributed by atoms with Crippen molar-refractivity contribution >= 4 is 31.1 Å². The summed E-state index contributed by atoms with van der Waals surface area (Å²) >= 11 is 0. The first-order chi connectivity index (χ1) is 19.8. The lowest BCUT2D eigenvalue weighted by Gasteiger charge is -2.24. The van der Waals surface area contributed by atoms with Crippen LogP contribution in [0.25, 0.3) is 11.2 Å². The number of carbonyl (C=O) groups excluding carboxylic acids is 1. The largest absolute Gasteiger partial charge is 0.465 e. The molecule has 11 nitrogen and oxygen atoms in total. The number of ether oxygens (including phenoxy) is 2. The number of nitrogens with zero attached hydrogens (tertiary/aromatic N) is 4. The molecule has 1 aliphatic rings. The normalized spacial score (nSPS) is 20.2. The maximum atomic E-state index is 13.7. The van der Waals surface area contributed by atoms with Crippen molar-refractivity contribution in [3.8, 4) is 12.3 Å². The van der Waals surface area contributed by atoms with Gasteiger partial charge in [-0.25, -0.2) is 10.1 Å². The van der Waals surface area contributed by atoms with E-state index in [0.717, 1.165) is 19.3 Å². The van der Waals surface area contributed by atoms with Gasteiger partial charge in [-0.15, -0.1) is 6.42 Å². The molecule has 0 aromatic carbocycles. The number of halogens is 1. The Morgan fingerprint density at radius 1 is 1.24 bits per heavy atom. The maximum absolute atomic E-state index is 13.7. The molecule has 1 fully saturated rings. The van der Waals surface area contributed by atoms with E-state index in [1.54, 1.807) is 6.92 Å². The van der Waals surface area contributed by atoms with E-state index >= 15 is 0 Å². The fraction of sp³-hybridized carbons (Fsp3) is 0.714. The van der Waals surface area contributed by atoms with E-state index in [0.29, 0.717) is 19.4 Å². The highest BCUT2D eigenvalue weighted by atomic mass is 31.1. The van der Waals surface area contributed by atoms with Crippen molar-refractivity contribution < 1.29 is 27.7 Å². The van der Waals surface area contributed by atoms with Gasteiger partial charge in [0.2, 0.25) is 0 Å². The fourth-order valence-electron chi connectivity index (χ4n) is 4.83. The minimum absolute atomic E-state index is 0.0769. The van der Waals surface area contributed by atoms with Gasteiger partial charge >= 0.3 is 12.0 Å². The summed E-state index contributed by atoms with van der Waals surface area (Å²) in [5, 5.41) is 2.65. The number of rotatable bonds is 19. The topological polar surface area (TPSA) is 143 Å². The van der Waals surface area contributed by atoms with Gasteiger partial charge in [-0.1, -0.05) is 77.1 Å². The number of aromatic nitrogens is 4. The molecular formula is C28H44FN6O5P. The van der Waals surface area contributed by atoms with Gasteiger partial charge in [0.1, 0.15) is 12.3 Å². The Morgan fingerprint density at radius 3 is 2.56 bits per heavy atom. The van der Waals surface area contributed by atoms with Crippen LogP contribution in [0.4, 0.5) is 10.2 Å². The average molecular weight is 595 g/mol. The fourth-order valence-corrected chi connectivity index (χ4v) is 5.75. The number of hydrogen-bond donors (Lipinski definition) is 2. The molecule has 3 rings (SSSR count). The summed E-state index contributed by atoms with van der Waals surface area (Å²) in [4.78, 5) is 23.7. The summed E-state index contributed by atoms with van der Waals surface area (Å²) in [6.07, 6.45) is 19.8. The molecule has 1 unspecified atom stereocenters. The van der Waals surface area contributed by atoms with Crippen LogP contribution in [0.2, 0.25) is 0 Å². The van der Waals surface area contributed by atoms with Gasteiger partial charge in [-0.05, 0) is 26.2 Å². The second-order valence-corrected chi connectivity index (χ2v) is 11.7. The van der Waals surface area contributed by atoms with Gasteiger partial charge in [-0.3, -0.25) is 13.9 Å². The number of fused-ring (bicyclic) bond motifs is 1. The molecule has 2 aromatic rings. The summed E-state index contributed by atoms with van der Waals surface area (Å²) in [6.45, 7) is 3.98. The third-order valence-electron chi connectivity index (χ3n) is 7.27. The van der Waals surface area contributed by atoms with Crippen LogP contribution in [0.3, 0.4) is 0 Å². The molecule has 0 saturated carbocycles. The summed E-state index contributed by atoms with van der Waals surface area (Å²) in [5.41, 5.74) is 5.00. The number of hydrogen-bond acceptors (Lipinski definition) is 9. The van der Waals surface area contributed by atoms with Crippen molar-refractivity contribution in [1.82, 2.24) is 24.6 Å². The molecule has 41 heavy (non-hydrogen) atoms. The Morgan fingerprint density at radius 2 is 1.90 bits per heavy atom. The van der Waals surface area contributed by atoms with Crippen molar-refractivity contribution in [1.29, 1.82) is 0 Å². The van der Waals surface area contributed by atoms with E-state index in [1.165, 1.54) is 62.3 Å². The Balaban J connectivity index is 1.32. The lowest BCUT2D eigenvalue weighted by Crippen LogP contribution is -2.34. The number of nitrogens with two attached hydrogens (primary N) is 1. The number of terminal acetylenes is 1. The maximum Gasteiger partial charge on any atom is 0.323 e. The third kappa shape index (κ3) is 10.0. The van der Waals surface area contributed by atoms with Gasteiger partial charge in [0.25, 0.3) is 8.18 Å². The molecule has 0 spiro atoms. The Bertz CT molecular complexity index is 1190. The van der Waals surface area contributed by atoms with E-state index < -0.39 is 38.1 Å². The molecule has 0 aliphatic carbocycles. The zero-order chi connectivity index (χ0) is 29.7. The van der Waals surface area contributed by atoms with Crippen molar-refractivity contribution in [2.45, 2.75) is 115 Å². The zero-order valence-electron chi connectivity index (χ0n) is 24.2. The molecule has 228 valence electrons. The highest BCUT2D eigenvalue weighted by molar-refractivity contribution is 7.36. The molecule has 1 saturated heterocycles. The molecule has 3 N–H and O–H groups in total. The minimum atomic E-state index is -2.82. The van der Waals surface area contributed by atoms with E-state index in [4.69, 9.17) is 26.2 Å². The van der Waals surface area contributed by atoms with Gasteiger partial charge in [-0.2, -0.15) is 14.4 Å². The van der Waals surface area contributed by atoms with Crippen LogP contribution < -0.4 is 10.8 Å². The van der Waals surface area contributed by atoms with Crippen LogP contribution in [-0.2, 0) is 23.4 Å². The molecule has 0 amide bonds. The minimum Gasteiger partial charge on any atom is -0.465 e. The van der Waals surface area contributed by atoms with E-state index in [9.17, 15) is 13.8 Å². The number of esters is 1. The molecule has 2 aromatic heterocycles. The Hall–Kier alpha value is -2.58. The number of nitrogen functional groups attached to an aromatic ring is 1. The SMILES string of the molecule is C#C[C@@]1(CO[PH](=O)N[C@@H](C)C(=O)OCCCCCCCCCCCCC)CC[C@H](n2cnc3c(N)nc(F)nc32)O1. The van der Waals surface area contributed by atoms with Gasteiger partial charge in [0.15, 0.2) is 22.6 Å². The first kappa shape index (κ1) is 32.9. The van der Waals surface area contributed by atoms with Gasteiger partial charge < -0.3 is 19.7 Å². The second-order valence-electron chi connectivity index (χ2n) is 10.6. The Labute approximate surface area is 242 Å². The molecule has 1 aliphatic heterocycles. The predicted octanol–water partition coefficient (Wildman–Crippen LogP) is 5.47. The number of anilines is 1. The highest BCUT2D eigenvalue weighted by Gasteiger charge is 2.41. The lowest BCUT2D eigenvalue weighted by molar-refractivity contribution is -0.145. The lowest BCUT2D eigenvalue weighted by atomic mass is 10.0. The number of unbranched alkanes of at least 4 members (excludes halogenated alkanes) is 10. The van der Waals surface area contributed by atoms with Crippen LogP contribution in [0.15, 0.2) is 6.33 Å². The van der Waals surface area contributed by atoms with Crippen LogP contribution in [0.5, 0.6) is 0 Å². The highest BCUT2D eigenvalue weighted by Crippen LogP contribution is 2.39. The molecule has 3 heterocycles. The summed E-state index contributed by atoms with van der Waals surface area (Å²) in [5.74, 6) is 2.02. The van der Waals surface area contributed by atoms with Gasteiger partial charge in [0, 0.05) is 0 Å². The van der Waals surface area contributed by atoms with E-state index in [1.807, 2.05) is 0 Å². The van der Waals surface area contributed by atoms with Crippen molar-refractivity contribution in [2.24, 2.45) is 0 Å². The summed E-state index contributed by atoms with van der Waals surface area (Å²) in [6, 6.07) is -0.800. The second kappa shape index (κ2) is 16.8. The first-order valence-corrected chi connectivity index (χ1v) is 16.0. The smallest absolute Gasteiger partial charge is 0.323 e. The van der Waals surface area contributed by atoms with Crippen LogP contribution in [0.1, 0.15) is 104 Å². The monoisotopic (exact) mass is 594 g/mol. The molecule has 0 bridgehead atoms. The molecular weight excluding hydrogens is 550 g/mol. The number of carbonyl (C=O) groups is 1. The van der Waals surface area contributed by atoms with Crippen LogP contribution in [-0.4, -0.2) is 50.3 Å². The summed E-state index contributed by atoms with van der Waals surface area (Å²) in [7, 11) is -2.82. The van der Waals surface area contributed by atoms with Crippen molar-refractivity contribution in [3.63, 3.8) is 0 Å². The number of nitrogens with one attached hydrogen (secondary N) is 1. The Kier molecular flexibility index (Phi) is 13.5. The van der Waals surface area contributed by atoms with Crippen molar-refractivity contribution in [2.75, 3.05) is 18.9 Å². The third-order valence-corrected chi connectivity index (χ3v) is 8.34. The van der Waals surface area contributed by atoms with Gasteiger partial charge in [0.05, 0.1) is 19.5 Å². The number of imidazole rings is 1. The quantitative estimate of drug-likeness (QED) is 0.0707. The van der Waals surface area contributed by atoms with Crippen LogP contribution >= 0.6 is 8.18 Å². The molecule has 0 radical (unpaired) electrons. The molecule has 4 atom stereocenters. The average Bonchev–Trinajstić information content (AvgIpc) is 3.57. The van der Waals surface area contributed by atoms with Crippen LogP contribution in [0, 0.1) is 18.4 Å². The molecule has 13 heteroatoms.